The number of rotatable bonds is 8. The SMILES string of the molecule is Cc1c(NC(=O)COC(=O)c2ccc(Nc3ccccc3)c([N+](=O)[O-])c2)cccc1[N+](=O)[O-]. The van der Waals surface area contributed by atoms with Crippen molar-refractivity contribution in [2.45, 2.75) is 6.92 Å². The summed E-state index contributed by atoms with van der Waals surface area (Å²) in [6.45, 7) is 0.794. The van der Waals surface area contributed by atoms with E-state index in [9.17, 15) is 29.8 Å². The predicted octanol–water partition coefficient (Wildman–Crippen LogP) is 4.35. The van der Waals surface area contributed by atoms with Gasteiger partial charge in [0.2, 0.25) is 0 Å². The molecule has 2 N–H and O–H groups in total. The van der Waals surface area contributed by atoms with Crippen LogP contribution in [0.4, 0.5) is 28.4 Å². The summed E-state index contributed by atoms with van der Waals surface area (Å²) in [5.74, 6) is -1.65. The van der Waals surface area contributed by atoms with Crippen LogP contribution in [0, 0.1) is 27.2 Å². The van der Waals surface area contributed by atoms with Gasteiger partial charge in [0.05, 0.1) is 26.7 Å². The number of esters is 1. The first-order chi connectivity index (χ1) is 15.8. The molecule has 0 aromatic heterocycles. The van der Waals surface area contributed by atoms with E-state index in [1.54, 1.807) is 30.3 Å². The normalized spacial score (nSPS) is 10.2. The Morgan fingerprint density at radius 3 is 2.24 bits per heavy atom. The van der Waals surface area contributed by atoms with E-state index in [0.717, 1.165) is 6.07 Å². The maximum absolute atomic E-state index is 12.3. The quantitative estimate of drug-likeness (QED) is 0.292. The van der Waals surface area contributed by atoms with Crippen LogP contribution in [0.5, 0.6) is 0 Å². The van der Waals surface area contributed by atoms with Gasteiger partial charge in [-0.15, -0.1) is 0 Å². The number of anilines is 3. The lowest BCUT2D eigenvalue weighted by Gasteiger charge is -2.10. The number of nitro benzene ring substituents is 2. The summed E-state index contributed by atoms with van der Waals surface area (Å²) in [6.07, 6.45) is 0. The van der Waals surface area contributed by atoms with Crippen LogP contribution in [-0.4, -0.2) is 28.3 Å². The standard InChI is InChI=1S/C22H18N4O7/c1-14-17(8-5-9-19(14)25(29)30)24-21(27)13-33-22(28)15-10-11-18(20(12-15)26(31)32)23-16-6-3-2-4-7-16/h2-12,23H,13H2,1H3,(H,24,27). The first-order valence-corrected chi connectivity index (χ1v) is 9.57. The van der Waals surface area contributed by atoms with E-state index in [1.807, 2.05) is 0 Å². The molecular formula is C22H18N4O7. The number of hydrogen-bond acceptors (Lipinski definition) is 8. The number of carbonyl (C=O) groups is 2. The van der Waals surface area contributed by atoms with E-state index in [2.05, 4.69) is 10.6 Å². The summed E-state index contributed by atoms with van der Waals surface area (Å²) in [4.78, 5) is 45.7. The van der Waals surface area contributed by atoms with Crippen molar-refractivity contribution in [2.75, 3.05) is 17.2 Å². The lowest BCUT2D eigenvalue weighted by molar-refractivity contribution is -0.385. The summed E-state index contributed by atoms with van der Waals surface area (Å²) < 4.78 is 4.94. The van der Waals surface area contributed by atoms with Crippen molar-refractivity contribution in [3.8, 4) is 0 Å². The van der Waals surface area contributed by atoms with Gasteiger partial charge in [-0.3, -0.25) is 25.0 Å². The highest BCUT2D eigenvalue weighted by Gasteiger charge is 2.20. The largest absolute Gasteiger partial charge is 0.452 e. The maximum Gasteiger partial charge on any atom is 0.338 e. The summed E-state index contributed by atoms with van der Waals surface area (Å²) in [6, 6.07) is 16.7. The first-order valence-electron chi connectivity index (χ1n) is 9.57. The van der Waals surface area contributed by atoms with Gasteiger partial charge in [-0.25, -0.2) is 4.79 Å². The Morgan fingerprint density at radius 2 is 1.58 bits per heavy atom. The molecule has 0 fully saturated rings. The highest BCUT2D eigenvalue weighted by Crippen LogP contribution is 2.29. The van der Waals surface area contributed by atoms with Crippen molar-refractivity contribution in [3.63, 3.8) is 0 Å². The van der Waals surface area contributed by atoms with E-state index >= 15 is 0 Å². The molecule has 0 heterocycles. The van der Waals surface area contributed by atoms with Crippen molar-refractivity contribution in [3.05, 3.63) is 98.1 Å². The summed E-state index contributed by atoms with van der Waals surface area (Å²) in [5.41, 5.74) is 0.646. The number of nitrogens with zero attached hydrogens (tertiary/aromatic N) is 2. The van der Waals surface area contributed by atoms with Crippen molar-refractivity contribution in [2.24, 2.45) is 0 Å². The van der Waals surface area contributed by atoms with Crippen LogP contribution < -0.4 is 10.6 Å². The van der Waals surface area contributed by atoms with Crippen LogP contribution in [0.25, 0.3) is 0 Å². The molecule has 0 unspecified atom stereocenters. The highest BCUT2D eigenvalue weighted by molar-refractivity contribution is 5.97. The van der Waals surface area contributed by atoms with E-state index in [0.29, 0.717) is 5.69 Å². The molecule has 0 bridgehead atoms. The molecule has 0 atom stereocenters. The fourth-order valence-corrected chi connectivity index (χ4v) is 2.95. The average molecular weight is 450 g/mol. The maximum atomic E-state index is 12.3. The van der Waals surface area contributed by atoms with Crippen LogP contribution in [0.3, 0.4) is 0 Å². The van der Waals surface area contributed by atoms with Crippen LogP contribution in [0.2, 0.25) is 0 Å². The molecule has 11 nitrogen and oxygen atoms in total. The molecule has 0 aliphatic carbocycles. The Balaban J connectivity index is 1.67. The number of hydrogen-bond donors (Lipinski definition) is 2. The smallest absolute Gasteiger partial charge is 0.338 e. The molecule has 168 valence electrons. The monoisotopic (exact) mass is 450 g/mol. The Bertz CT molecular complexity index is 1230. The minimum absolute atomic E-state index is 0.111. The Hall–Kier alpha value is -4.80. The summed E-state index contributed by atoms with van der Waals surface area (Å²) in [7, 11) is 0. The van der Waals surface area contributed by atoms with Gasteiger partial charge in [0.15, 0.2) is 6.61 Å². The molecule has 3 rings (SSSR count). The zero-order chi connectivity index (χ0) is 24.0. The first kappa shape index (κ1) is 22.9. The fourth-order valence-electron chi connectivity index (χ4n) is 2.95. The van der Waals surface area contributed by atoms with Crippen LogP contribution >= 0.6 is 0 Å². The second-order valence-electron chi connectivity index (χ2n) is 6.81. The van der Waals surface area contributed by atoms with Gasteiger partial charge in [-0.05, 0) is 37.3 Å². The summed E-state index contributed by atoms with van der Waals surface area (Å²) in [5, 5.41) is 27.8. The Morgan fingerprint density at radius 1 is 0.879 bits per heavy atom. The van der Waals surface area contributed by atoms with Crippen molar-refractivity contribution >= 4 is 40.3 Å². The fraction of sp³-hybridized carbons (Fsp3) is 0.0909. The lowest BCUT2D eigenvalue weighted by Crippen LogP contribution is -2.21. The molecule has 0 radical (unpaired) electrons. The van der Waals surface area contributed by atoms with Gasteiger partial charge < -0.3 is 15.4 Å². The third-order valence-electron chi connectivity index (χ3n) is 4.59. The van der Waals surface area contributed by atoms with Crippen molar-refractivity contribution < 1.29 is 24.2 Å². The van der Waals surface area contributed by atoms with Gasteiger partial charge >= 0.3 is 5.97 Å². The molecule has 0 aliphatic heterocycles. The topological polar surface area (TPSA) is 154 Å². The Labute approximate surface area is 187 Å². The molecule has 0 spiro atoms. The lowest BCUT2D eigenvalue weighted by atomic mass is 10.1. The van der Waals surface area contributed by atoms with Gasteiger partial charge in [-0.2, -0.15) is 0 Å². The number of para-hydroxylation sites is 1. The van der Waals surface area contributed by atoms with Gasteiger partial charge in [0, 0.05) is 17.8 Å². The van der Waals surface area contributed by atoms with Gasteiger partial charge in [-0.1, -0.05) is 24.3 Å². The molecule has 3 aromatic carbocycles. The van der Waals surface area contributed by atoms with Crippen LogP contribution in [0.15, 0.2) is 66.7 Å². The minimum atomic E-state index is -0.935. The molecule has 0 saturated heterocycles. The molecule has 11 heteroatoms. The van der Waals surface area contributed by atoms with E-state index in [-0.39, 0.29) is 33.9 Å². The second kappa shape index (κ2) is 10.0. The molecule has 0 saturated carbocycles. The number of nitrogens with one attached hydrogen (secondary N) is 2. The predicted molar refractivity (Wildman–Crippen MR) is 120 cm³/mol. The third kappa shape index (κ3) is 5.67. The molecule has 3 aromatic rings. The number of amides is 1. The average Bonchev–Trinajstić information content (AvgIpc) is 2.79. The van der Waals surface area contributed by atoms with Gasteiger partial charge in [0.1, 0.15) is 5.69 Å². The zero-order valence-corrected chi connectivity index (χ0v) is 17.3. The molecule has 33 heavy (non-hydrogen) atoms. The number of carbonyl (C=O) groups excluding carboxylic acids is 2. The molecule has 0 aliphatic rings. The summed E-state index contributed by atoms with van der Waals surface area (Å²) >= 11 is 0. The van der Waals surface area contributed by atoms with E-state index < -0.39 is 28.3 Å². The van der Waals surface area contributed by atoms with E-state index in [1.165, 1.54) is 37.3 Å². The number of benzene rings is 3. The number of nitro groups is 2. The number of ether oxygens (including phenoxy) is 1. The van der Waals surface area contributed by atoms with Crippen molar-refractivity contribution in [1.82, 2.24) is 0 Å². The van der Waals surface area contributed by atoms with Crippen LogP contribution in [-0.2, 0) is 9.53 Å². The van der Waals surface area contributed by atoms with E-state index in [4.69, 9.17) is 4.74 Å². The third-order valence-corrected chi connectivity index (χ3v) is 4.59. The highest BCUT2D eigenvalue weighted by atomic mass is 16.6. The second-order valence-corrected chi connectivity index (χ2v) is 6.81. The molecule has 1 amide bonds. The zero-order valence-electron chi connectivity index (χ0n) is 17.3. The van der Waals surface area contributed by atoms with Crippen molar-refractivity contribution in [1.29, 1.82) is 0 Å². The van der Waals surface area contributed by atoms with Crippen LogP contribution in [0.1, 0.15) is 15.9 Å². The molecular weight excluding hydrogens is 432 g/mol. The van der Waals surface area contributed by atoms with Gasteiger partial charge in [0.25, 0.3) is 17.3 Å². The Kier molecular flexibility index (Phi) is 6.94. The minimum Gasteiger partial charge on any atom is -0.452 e.